The number of nitro groups is 1. The molecule has 0 saturated carbocycles. The van der Waals surface area contributed by atoms with Crippen LogP contribution in [0.25, 0.3) is 0 Å². The standard InChI is InChI=1S/C19H23FN4O2.2ClH/c1-14-11-19(24(25)26)18(12-17(14)21)23-8-4-7-22(9-10-23)13-15-5-2-3-6-16(15)20;;/h2-3,5-6,11-12H,4,7-10,13,21H2,1H3;2*1H. The van der Waals surface area contributed by atoms with Crippen LogP contribution in [0.3, 0.4) is 0 Å². The van der Waals surface area contributed by atoms with E-state index >= 15 is 0 Å². The number of nitro benzene ring substituents is 1. The number of benzene rings is 2. The van der Waals surface area contributed by atoms with Crippen molar-refractivity contribution in [3.05, 3.63) is 63.5 Å². The van der Waals surface area contributed by atoms with Crippen LogP contribution < -0.4 is 10.6 Å². The van der Waals surface area contributed by atoms with E-state index in [1.807, 2.05) is 11.0 Å². The molecule has 0 aliphatic carbocycles. The zero-order chi connectivity index (χ0) is 18.7. The highest BCUT2D eigenvalue weighted by atomic mass is 35.5. The normalized spacial score (nSPS) is 14.6. The van der Waals surface area contributed by atoms with Gasteiger partial charge >= 0.3 is 0 Å². The molecule has 0 amide bonds. The lowest BCUT2D eigenvalue weighted by Crippen LogP contribution is -2.31. The molecule has 1 aliphatic heterocycles. The Morgan fingerprint density at radius 1 is 1.14 bits per heavy atom. The van der Waals surface area contributed by atoms with Crippen LogP contribution in [0.4, 0.5) is 21.5 Å². The molecule has 6 nitrogen and oxygen atoms in total. The van der Waals surface area contributed by atoms with Gasteiger partial charge < -0.3 is 10.6 Å². The molecule has 1 aliphatic rings. The van der Waals surface area contributed by atoms with Gasteiger partial charge in [0.05, 0.1) is 4.92 Å². The van der Waals surface area contributed by atoms with Gasteiger partial charge in [-0.1, -0.05) is 18.2 Å². The zero-order valence-electron chi connectivity index (χ0n) is 15.6. The summed E-state index contributed by atoms with van der Waals surface area (Å²) in [6.45, 7) is 5.18. The smallest absolute Gasteiger partial charge is 0.292 e. The van der Waals surface area contributed by atoms with Gasteiger partial charge in [-0.3, -0.25) is 15.0 Å². The fourth-order valence-electron chi connectivity index (χ4n) is 3.33. The molecule has 1 heterocycles. The van der Waals surface area contributed by atoms with Crippen molar-refractivity contribution in [2.75, 3.05) is 36.8 Å². The molecule has 0 aromatic heterocycles. The van der Waals surface area contributed by atoms with Crippen LogP contribution in [0.5, 0.6) is 0 Å². The minimum Gasteiger partial charge on any atom is -0.398 e. The lowest BCUT2D eigenvalue weighted by Gasteiger charge is -2.24. The van der Waals surface area contributed by atoms with Crippen molar-refractivity contribution in [2.45, 2.75) is 19.9 Å². The maximum absolute atomic E-state index is 13.9. The summed E-state index contributed by atoms with van der Waals surface area (Å²) in [6.07, 6.45) is 0.847. The number of nitrogens with zero attached hydrogens (tertiary/aromatic N) is 3. The van der Waals surface area contributed by atoms with Crippen LogP contribution in [-0.2, 0) is 6.54 Å². The number of halogens is 3. The highest BCUT2D eigenvalue weighted by molar-refractivity contribution is 5.85. The van der Waals surface area contributed by atoms with E-state index in [9.17, 15) is 14.5 Å². The average Bonchev–Trinajstić information content (AvgIpc) is 2.84. The fourth-order valence-corrected chi connectivity index (χ4v) is 3.33. The van der Waals surface area contributed by atoms with Gasteiger partial charge in [0.1, 0.15) is 11.5 Å². The predicted octanol–water partition coefficient (Wildman–Crippen LogP) is 4.18. The number of hydrogen-bond acceptors (Lipinski definition) is 5. The SMILES string of the molecule is Cc1cc([N+](=O)[O-])c(N2CCCN(Cc3ccccc3F)CC2)cc1N.Cl.Cl. The summed E-state index contributed by atoms with van der Waals surface area (Å²) in [7, 11) is 0. The van der Waals surface area contributed by atoms with E-state index < -0.39 is 0 Å². The van der Waals surface area contributed by atoms with E-state index in [0.717, 1.165) is 13.0 Å². The van der Waals surface area contributed by atoms with Gasteiger partial charge in [0.25, 0.3) is 5.69 Å². The van der Waals surface area contributed by atoms with Crippen molar-refractivity contribution in [3.8, 4) is 0 Å². The largest absolute Gasteiger partial charge is 0.398 e. The molecule has 0 bridgehead atoms. The first-order valence-electron chi connectivity index (χ1n) is 8.71. The van der Waals surface area contributed by atoms with E-state index in [2.05, 4.69) is 4.90 Å². The average molecular weight is 431 g/mol. The van der Waals surface area contributed by atoms with Gasteiger partial charge in [-0.25, -0.2) is 4.39 Å². The Bertz CT molecular complexity index is 823. The summed E-state index contributed by atoms with van der Waals surface area (Å²) in [5.74, 6) is -0.199. The van der Waals surface area contributed by atoms with Gasteiger partial charge in [-0.05, 0) is 31.0 Å². The number of hydrogen-bond donors (Lipinski definition) is 1. The topological polar surface area (TPSA) is 75.6 Å². The number of rotatable bonds is 4. The molecule has 2 aromatic carbocycles. The molecule has 3 rings (SSSR count). The second-order valence-electron chi connectivity index (χ2n) is 6.66. The highest BCUT2D eigenvalue weighted by Gasteiger charge is 2.23. The van der Waals surface area contributed by atoms with Gasteiger partial charge in [0, 0.05) is 50.0 Å². The third kappa shape index (κ3) is 5.47. The first-order chi connectivity index (χ1) is 12.5. The Hall–Kier alpha value is -2.09. The highest BCUT2D eigenvalue weighted by Crippen LogP contribution is 2.33. The molecule has 2 N–H and O–H groups in total. The molecule has 0 atom stereocenters. The van der Waals surface area contributed by atoms with Crippen LogP contribution in [0.2, 0.25) is 0 Å². The Morgan fingerprint density at radius 3 is 2.54 bits per heavy atom. The molecule has 154 valence electrons. The number of anilines is 2. The van der Waals surface area contributed by atoms with Crippen molar-refractivity contribution >= 4 is 41.9 Å². The lowest BCUT2D eigenvalue weighted by atomic mass is 10.1. The molecule has 1 fully saturated rings. The molecule has 1 saturated heterocycles. The van der Waals surface area contributed by atoms with Crippen molar-refractivity contribution in [1.29, 1.82) is 0 Å². The molecular weight excluding hydrogens is 406 g/mol. The van der Waals surface area contributed by atoms with Crippen molar-refractivity contribution in [2.24, 2.45) is 0 Å². The second kappa shape index (κ2) is 10.5. The number of nitrogen functional groups attached to an aromatic ring is 1. The third-order valence-electron chi connectivity index (χ3n) is 4.84. The van der Waals surface area contributed by atoms with Crippen LogP contribution in [0, 0.1) is 22.9 Å². The van der Waals surface area contributed by atoms with Crippen molar-refractivity contribution in [3.63, 3.8) is 0 Å². The Morgan fingerprint density at radius 2 is 1.86 bits per heavy atom. The minimum absolute atomic E-state index is 0. The summed E-state index contributed by atoms with van der Waals surface area (Å²) in [6, 6.07) is 10.0. The molecule has 0 spiro atoms. The Balaban J connectivity index is 0.00000196. The maximum atomic E-state index is 13.9. The molecule has 9 heteroatoms. The second-order valence-corrected chi connectivity index (χ2v) is 6.66. The van der Waals surface area contributed by atoms with Gasteiger partial charge in [0.15, 0.2) is 0 Å². The first-order valence-corrected chi connectivity index (χ1v) is 8.71. The zero-order valence-corrected chi connectivity index (χ0v) is 17.3. The predicted molar refractivity (Wildman–Crippen MR) is 115 cm³/mol. The maximum Gasteiger partial charge on any atom is 0.292 e. The monoisotopic (exact) mass is 430 g/mol. The van der Waals surface area contributed by atoms with Crippen LogP contribution in [0.1, 0.15) is 17.5 Å². The van der Waals surface area contributed by atoms with E-state index in [-0.39, 0.29) is 41.2 Å². The quantitative estimate of drug-likeness (QED) is 0.447. The molecule has 2 aromatic rings. The van der Waals surface area contributed by atoms with Crippen LogP contribution >= 0.6 is 24.8 Å². The van der Waals surface area contributed by atoms with Gasteiger partial charge in [-0.2, -0.15) is 0 Å². The Labute approximate surface area is 176 Å². The molecular formula is C19H25Cl2FN4O2. The molecule has 0 radical (unpaired) electrons. The first kappa shape index (κ1) is 23.9. The van der Waals surface area contributed by atoms with Gasteiger partial charge in [-0.15, -0.1) is 24.8 Å². The van der Waals surface area contributed by atoms with E-state index in [1.54, 1.807) is 25.1 Å². The van der Waals surface area contributed by atoms with E-state index in [4.69, 9.17) is 5.73 Å². The minimum atomic E-state index is -0.357. The van der Waals surface area contributed by atoms with Crippen molar-refractivity contribution < 1.29 is 9.31 Å². The fraction of sp³-hybridized carbons (Fsp3) is 0.368. The summed E-state index contributed by atoms with van der Waals surface area (Å²) >= 11 is 0. The summed E-state index contributed by atoms with van der Waals surface area (Å²) in [5.41, 5.74) is 8.56. The molecule has 0 unspecified atom stereocenters. The summed E-state index contributed by atoms with van der Waals surface area (Å²) in [5, 5.41) is 11.4. The van der Waals surface area contributed by atoms with E-state index in [0.29, 0.717) is 48.7 Å². The number of nitrogens with two attached hydrogens (primary N) is 1. The summed E-state index contributed by atoms with van der Waals surface area (Å²) < 4.78 is 13.9. The third-order valence-corrected chi connectivity index (χ3v) is 4.84. The van der Waals surface area contributed by atoms with E-state index in [1.165, 1.54) is 12.1 Å². The van der Waals surface area contributed by atoms with Gasteiger partial charge in [0.2, 0.25) is 0 Å². The Kier molecular flexibility index (Phi) is 8.94. The van der Waals surface area contributed by atoms with Crippen LogP contribution in [0.15, 0.2) is 36.4 Å². The number of aryl methyl sites for hydroxylation is 1. The lowest BCUT2D eigenvalue weighted by molar-refractivity contribution is -0.384. The summed E-state index contributed by atoms with van der Waals surface area (Å²) in [4.78, 5) is 15.3. The molecule has 28 heavy (non-hydrogen) atoms. The van der Waals surface area contributed by atoms with Crippen molar-refractivity contribution in [1.82, 2.24) is 4.90 Å². The van der Waals surface area contributed by atoms with Crippen LogP contribution in [-0.4, -0.2) is 36.0 Å².